The van der Waals surface area contributed by atoms with Gasteiger partial charge in [0.15, 0.2) is 0 Å². The third-order valence-electron chi connectivity index (χ3n) is 5.66. The van der Waals surface area contributed by atoms with Gasteiger partial charge in [0, 0.05) is 38.1 Å². The molecule has 2 rings (SSSR count). The van der Waals surface area contributed by atoms with Crippen LogP contribution >= 0.6 is 0 Å². The fraction of sp³-hybridized carbons (Fsp3) is 0.680. The van der Waals surface area contributed by atoms with Gasteiger partial charge in [0.1, 0.15) is 5.75 Å². The highest BCUT2D eigenvalue weighted by molar-refractivity contribution is 5.73. The Kier molecular flexibility index (Phi) is 13.0. The van der Waals surface area contributed by atoms with Gasteiger partial charge >= 0.3 is 0 Å². The van der Waals surface area contributed by atoms with Crippen LogP contribution in [0.4, 0.5) is 0 Å². The Balaban J connectivity index is 0.00000233. The van der Waals surface area contributed by atoms with E-state index in [0.717, 1.165) is 44.2 Å². The summed E-state index contributed by atoms with van der Waals surface area (Å²) in [5, 5.41) is 26.6. The van der Waals surface area contributed by atoms with E-state index in [2.05, 4.69) is 51.8 Å². The molecule has 31 heavy (non-hydrogen) atoms. The van der Waals surface area contributed by atoms with Crippen LogP contribution in [-0.4, -0.2) is 72.1 Å². The number of ether oxygens (including phenoxy) is 2. The molecular weight excluding hydrogens is 394 g/mol. The van der Waals surface area contributed by atoms with Crippen LogP contribution in [0.1, 0.15) is 64.0 Å². The van der Waals surface area contributed by atoms with Crippen LogP contribution in [0.2, 0.25) is 0 Å². The Bertz CT molecular complexity index is 661. The van der Waals surface area contributed by atoms with Gasteiger partial charge in [-0.25, -0.2) is 0 Å². The summed E-state index contributed by atoms with van der Waals surface area (Å²) >= 11 is 0. The van der Waals surface area contributed by atoms with E-state index < -0.39 is 12.4 Å². The second-order valence-corrected chi connectivity index (χ2v) is 8.40. The predicted octanol–water partition coefficient (Wildman–Crippen LogP) is 3.75. The van der Waals surface area contributed by atoms with Gasteiger partial charge < -0.3 is 29.7 Å². The summed E-state index contributed by atoms with van der Waals surface area (Å²) in [7, 11) is 3.16. The number of rotatable bonds is 10. The van der Waals surface area contributed by atoms with Gasteiger partial charge in [-0.15, -0.1) is 0 Å². The average Bonchev–Trinajstić information content (AvgIpc) is 2.75. The summed E-state index contributed by atoms with van der Waals surface area (Å²) < 4.78 is 12.1. The first kappa shape index (κ1) is 27.6. The minimum absolute atomic E-state index is 0.110. The number of unbranched alkanes of at least 4 members (excludes halogenated alkanes) is 1. The van der Waals surface area contributed by atoms with E-state index in [4.69, 9.17) is 14.6 Å². The number of allylic oxidation sites excluding steroid dienone is 1. The van der Waals surface area contributed by atoms with Gasteiger partial charge in [-0.3, -0.25) is 0 Å². The van der Waals surface area contributed by atoms with Gasteiger partial charge in [0.05, 0.1) is 18.8 Å². The van der Waals surface area contributed by atoms with Crippen molar-refractivity contribution in [3.05, 3.63) is 35.4 Å². The van der Waals surface area contributed by atoms with E-state index in [1.165, 1.54) is 11.1 Å². The molecule has 0 radical (unpaired) electrons. The first-order valence-electron chi connectivity index (χ1n) is 11.4. The number of hydrogen-bond donors (Lipinski definition) is 3. The molecule has 1 saturated heterocycles. The lowest BCUT2D eigenvalue weighted by Crippen LogP contribution is -2.40. The number of hydrogen-bond acceptors (Lipinski definition) is 6. The first-order chi connectivity index (χ1) is 14.8. The molecule has 6 heteroatoms. The van der Waals surface area contributed by atoms with Crippen LogP contribution in [-0.2, 0) is 4.74 Å². The highest BCUT2D eigenvalue weighted by Crippen LogP contribution is 2.34. The Morgan fingerprint density at radius 1 is 1.29 bits per heavy atom. The fourth-order valence-electron chi connectivity index (χ4n) is 3.64. The number of aliphatic hydroxyl groups excluding tert-OH is 3. The third-order valence-corrected chi connectivity index (χ3v) is 5.66. The van der Waals surface area contributed by atoms with Gasteiger partial charge in [0.25, 0.3) is 0 Å². The lowest BCUT2D eigenvalue weighted by molar-refractivity contribution is -0.184. The van der Waals surface area contributed by atoms with E-state index in [1.807, 2.05) is 12.1 Å². The summed E-state index contributed by atoms with van der Waals surface area (Å²) in [5.41, 5.74) is 3.59. The van der Waals surface area contributed by atoms with Gasteiger partial charge in [0.2, 0.25) is 6.29 Å². The molecule has 0 aliphatic carbocycles. The molecule has 0 amide bonds. The molecule has 0 bridgehead atoms. The zero-order valence-corrected chi connectivity index (χ0v) is 20.2. The smallest absolute Gasteiger partial charge is 0.202 e. The molecule has 6 nitrogen and oxygen atoms in total. The molecule has 1 heterocycles. The summed E-state index contributed by atoms with van der Waals surface area (Å²) in [6.45, 7) is 9.59. The third kappa shape index (κ3) is 8.91. The standard InChI is InChI=1S/C24H39NO4.CH4O/c1-6-7-10-19(12-13-25(5)17(2)3)24-18(4)9-8-11-22(24)29-23-15-20(27)14-21(16-26)28-23;1-2/h8-11,17,20-21,23,26-27H,6-7,12-16H2,1-5H3;2H,1H3/b19-10-;. The minimum atomic E-state index is -0.554. The molecule has 0 spiro atoms. The van der Waals surface area contributed by atoms with Crippen LogP contribution in [0.25, 0.3) is 5.57 Å². The molecule has 178 valence electrons. The lowest BCUT2D eigenvalue weighted by Gasteiger charge is -2.33. The van der Waals surface area contributed by atoms with Crippen LogP contribution < -0.4 is 4.74 Å². The zero-order chi connectivity index (χ0) is 23.4. The molecule has 1 aromatic carbocycles. The number of aryl methyl sites for hydroxylation is 1. The van der Waals surface area contributed by atoms with Crippen molar-refractivity contribution in [3.63, 3.8) is 0 Å². The maximum Gasteiger partial charge on any atom is 0.202 e. The van der Waals surface area contributed by atoms with E-state index >= 15 is 0 Å². The largest absolute Gasteiger partial charge is 0.464 e. The minimum Gasteiger partial charge on any atom is -0.464 e. The van der Waals surface area contributed by atoms with Crippen molar-refractivity contribution < 1.29 is 24.8 Å². The Labute approximate surface area is 188 Å². The molecular formula is C25H43NO5. The van der Waals surface area contributed by atoms with Crippen molar-refractivity contribution in [1.82, 2.24) is 4.90 Å². The Morgan fingerprint density at radius 3 is 2.61 bits per heavy atom. The predicted molar refractivity (Wildman–Crippen MR) is 126 cm³/mol. The van der Waals surface area contributed by atoms with Crippen LogP contribution in [0.15, 0.2) is 24.3 Å². The van der Waals surface area contributed by atoms with Crippen molar-refractivity contribution in [2.75, 3.05) is 27.3 Å². The van der Waals surface area contributed by atoms with Crippen molar-refractivity contribution in [2.45, 2.75) is 84.3 Å². The summed E-state index contributed by atoms with van der Waals surface area (Å²) in [4.78, 5) is 2.35. The maximum absolute atomic E-state index is 10.1. The Morgan fingerprint density at radius 2 is 2.00 bits per heavy atom. The van der Waals surface area contributed by atoms with Crippen molar-refractivity contribution in [1.29, 1.82) is 0 Å². The van der Waals surface area contributed by atoms with Crippen LogP contribution in [0.3, 0.4) is 0 Å². The summed E-state index contributed by atoms with van der Waals surface area (Å²) in [6.07, 6.45) is 4.80. The second kappa shape index (κ2) is 14.6. The molecule has 0 saturated carbocycles. The molecule has 3 unspecified atom stereocenters. The lowest BCUT2D eigenvalue weighted by atomic mass is 9.95. The van der Waals surface area contributed by atoms with E-state index in [9.17, 15) is 10.2 Å². The SMILES string of the molecule is CCC/C=C(/CCN(C)C(C)C)c1c(C)cccc1OC1CC(O)CC(CO)O1.CO. The molecule has 3 atom stereocenters. The van der Waals surface area contributed by atoms with Crippen molar-refractivity contribution >= 4 is 5.57 Å². The van der Waals surface area contributed by atoms with E-state index in [-0.39, 0.29) is 12.7 Å². The molecule has 0 aromatic heterocycles. The topological polar surface area (TPSA) is 82.4 Å². The normalized spacial score (nSPS) is 21.8. The zero-order valence-electron chi connectivity index (χ0n) is 20.2. The molecule has 1 aliphatic rings. The van der Waals surface area contributed by atoms with Crippen molar-refractivity contribution in [3.8, 4) is 5.75 Å². The molecule has 3 N–H and O–H groups in total. The summed E-state index contributed by atoms with van der Waals surface area (Å²) in [6, 6.07) is 6.59. The second-order valence-electron chi connectivity index (χ2n) is 8.40. The first-order valence-corrected chi connectivity index (χ1v) is 11.4. The van der Waals surface area contributed by atoms with Crippen LogP contribution in [0, 0.1) is 6.92 Å². The monoisotopic (exact) mass is 437 g/mol. The Hall–Kier alpha value is -1.44. The molecule has 1 fully saturated rings. The number of aliphatic hydroxyl groups is 3. The highest BCUT2D eigenvalue weighted by Gasteiger charge is 2.30. The maximum atomic E-state index is 10.1. The summed E-state index contributed by atoms with van der Waals surface area (Å²) in [5.74, 6) is 0.787. The van der Waals surface area contributed by atoms with Gasteiger partial charge in [-0.2, -0.15) is 0 Å². The van der Waals surface area contributed by atoms with Crippen molar-refractivity contribution in [2.24, 2.45) is 0 Å². The quantitative estimate of drug-likeness (QED) is 0.517. The van der Waals surface area contributed by atoms with Gasteiger partial charge in [-0.1, -0.05) is 31.6 Å². The molecule has 1 aromatic rings. The number of nitrogens with zero attached hydrogens (tertiary/aromatic N) is 1. The fourth-order valence-corrected chi connectivity index (χ4v) is 3.64. The van der Waals surface area contributed by atoms with Gasteiger partial charge in [-0.05, 0) is 57.9 Å². The van der Waals surface area contributed by atoms with E-state index in [1.54, 1.807) is 0 Å². The number of benzene rings is 1. The average molecular weight is 438 g/mol. The molecule has 1 aliphatic heterocycles. The van der Waals surface area contributed by atoms with Crippen LogP contribution in [0.5, 0.6) is 5.75 Å². The van der Waals surface area contributed by atoms with E-state index in [0.29, 0.717) is 18.9 Å². The highest BCUT2D eigenvalue weighted by atomic mass is 16.7.